The van der Waals surface area contributed by atoms with Gasteiger partial charge in [-0.1, -0.05) is 47.5 Å². The number of ether oxygens (including phenoxy) is 1. The van der Waals surface area contributed by atoms with Gasteiger partial charge in [0, 0.05) is 25.7 Å². The Morgan fingerprint density at radius 1 is 1.19 bits per heavy atom. The zero-order valence-corrected chi connectivity index (χ0v) is 16.6. The Morgan fingerprint density at radius 3 is 2.52 bits per heavy atom. The maximum atomic E-state index is 14.2. The van der Waals surface area contributed by atoms with Gasteiger partial charge in [0.2, 0.25) is 10.0 Å². The lowest BCUT2D eigenvalue weighted by molar-refractivity contribution is 0.0172. The fourth-order valence-corrected chi connectivity index (χ4v) is 4.46. The summed E-state index contributed by atoms with van der Waals surface area (Å²) in [4.78, 5) is 1.73. The molecule has 2 aromatic carbocycles. The predicted octanol–water partition coefficient (Wildman–Crippen LogP) is 3.14. The van der Waals surface area contributed by atoms with E-state index in [1.165, 1.54) is 18.2 Å². The smallest absolute Gasteiger partial charge is 0.243 e. The number of nitrogens with zero attached hydrogens (tertiary/aromatic N) is 1. The van der Waals surface area contributed by atoms with Crippen molar-refractivity contribution in [1.82, 2.24) is 9.62 Å². The summed E-state index contributed by atoms with van der Waals surface area (Å²) in [6, 6.07) is 11.7. The molecule has 1 N–H and O–H groups in total. The maximum absolute atomic E-state index is 14.2. The van der Waals surface area contributed by atoms with Gasteiger partial charge in [-0.3, -0.25) is 4.90 Å². The summed E-state index contributed by atoms with van der Waals surface area (Å²) < 4.78 is 47.4. The van der Waals surface area contributed by atoms with Gasteiger partial charge < -0.3 is 4.74 Å². The first kappa shape index (κ1) is 20.2. The molecule has 0 radical (unpaired) electrons. The number of hydrogen-bond acceptors (Lipinski definition) is 4. The third-order valence-electron chi connectivity index (χ3n) is 4.62. The molecule has 0 bridgehead atoms. The Bertz CT molecular complexity index is 884. The lowest BCUT2D eigenvalue weighted by Gasteiger charge is -2.35. The first-order chi connectivity index (χ1) is 12.9. The van der Waals surface area contributed by atoms with Gasteiger partial charge >= 0.3 is 0 Å². The molecule has 8 heteroatoms. The van der Waals surface area contributed by atoms with Crippen LogP contribution in [0.5, 0.6) is 0 Å². The third-order valence-corrected chi connectivity index (χ3v) is 6.35. The molecule has 1 atom stereocenters. The normalized spacial score (nSPS) is 17.0. The van der Waals surface area contributed by atoms with Crippen LogP contribution in [0.3, 0.4) is 0 Å². The minimum atomic E-state index is -4.03. The van der Waals surface area contributed by atoms with Crippen molar-refractivity contribution in [3.05, 3.63) is 64.4 Å². The van der Waals surface area contributed by atoms with E-state index in [0.29, 0.717) is 26.3 Å². The van der Waals surface area contributed by atoms with Crippen molar-refractivity contribution in [2.24, 2.45) is 0 Å². The van der Waals surface area contributed by atoms with Crippen molar-refractivity contribution in [3.63, 3.8) is 0 Å². The molecule has 1 aliphatic heterocycles. The van der Waals surface area contributed by atoms with Gasteiger partial charge in [0.05, 0.1) is 18.2 Å². The summed E-state index contributed by atoms with van der Waals surface area (Å²) >= 11 is 5.73. The van der Waals surface area contributed by atoms with E-state index in [1.54, 1.807) is 0 Å². The minimum absolute atomic E-state index is 0.122. The van der Waals surface area contributed by atoms with Gasteiger partial charge in [0.1, 0.15) is 4.90 Å². The summed E-state index contributed by atoms with van der Waals surface area (Å²) in [7, 11) is -4.03. The topological polar surface area (TPSA) is 58.6 Å². The Hall–Kier alpha value is -1.51. The molecule has 0 aromatic heterocycles. The molecule has 2 aromatic rings. The van der Waals surface area contributed by atoms with E-state index in [9.17, 15) is 12.8 Å². The van der Waals surface area contributed by atoms with Crippen LogP contribution in [0.15, 0.2) is 47.4 Å². The molecule has 1 unspecified atom stereocenters. The number of aryl methyl sites for hydroxylation is 1. The highest BCUT2D eigenvalue weighted by Gasteiger charge is 2.26. The van der Waals surface area contributed by atoms with Crippen molar-refractivity contribution >= 4 is 21.6 Å². The third kappa shape index (κ3) is 4.86. The van der Waals surface area contributed by atoms with Gasteiger partial charge in [-0.05, 0) is 24.6 Å². The molecule has 0 saturated carbocycles. The summed E-state index contributed by atoms with van der Waals surface area (Å²) in [5, 5.41) is -0.221. The first-order valence-corrected chi connectivity index (χ1v) is 10.6. The van der Waals surface area contributed by atoms with Crippen molar-refractivity contribution < 1.29 is 17.5 Å². The van der Waals surface area contributed by atoms with Crippen LogP contribution in [-0.4, -0.2) is 46.2 Å². The van der Waals surface area contributed by atoms with Crippen molar-refractivity contribution in [1.29, 1.82) is 0 Å². The number of morpholine rings is 1. The Balaban J connectivity index is 1.83. The lowest BCUT2D eigenvalue weighted by Crippen LogP contribution is -2.43. The number of hydrogen-bond donors (Lipinski definition) is 1. The van der Waals surface area contributed by atoms with E-state index in [-0.39, 0.29) is 17.6 Å². The number of nitrogens with one attached hydrogen (secondary N) is 1. The van der Waals surface area contributed by atoms with E-state index >= 15 is 0 Å². The summed E-state index contributed by atoms with van der Waals surface area (Å²) in [6.07, 6.45) is 0. The SMILES string of the molecule is Cc1ccc(C(CNS(=O)(=O)c2cccc(Cl)c2F)N2CCOCC2)cc1. The molecule has 1 heterocycles. The van der Waals surface area contributed by atoms with Crippen molar-refractivity contribution in [2.45, 2.75) is 17.9 Å². The molecular formula is C19H22ClFN2O3S. The van der Waals surface area contributed by atoms with Crippen LogP contribution in [0.1, 0.15) is 17.2 Å². The second-order valence-electron chi connectivity index (χ2n) is 6.48. The number of halogens is 2. The zero-order valence-electron chi connectivity index (χ0n) is 15.0. The highest BCUT2D eigenvalue weighted by atomic mass is 35.5. The van der Waals surface area contributed by atoms with Crippen molar-refractivity contribution in [3.8, 4) is 0 Å². The second kappa shape index (κ2) is 8.67. The van der Waals surface area contributed by atoms with Gasteiger partial charge in [-0.2, -0.15) is 0 Å². The maximum Gasteiger partial charge on any atom is 0.243 e. The van der Waals surface area contributed by atoms with Crippen LogP contribution in [0.2, 0.25) is 5.02 Å². The van der Waals surface area contributed by atoms with E-state index in [0.717, 1.165) is 11.1 Å². The van der Waals surface area contributed by atoms with Crippen molar-refractivity contribution in [2.75, 3.05) is 32.8 Å². The molecule has 1 saturated heterocycles. The molecule has 0 amide bonds. The Kier molecular flexibility index (Phi) is 6.49. The van der Waals surface area contributed by atoms with Crippen LogP contribution in [0.25, 0.3) is 0 Å². The average Bonchev–Trinajstić information content (AvgIpc) is 2.66. The molecular weight excluding hydrogens is 391 g/mol. The van der Waals surface area contributed by atoms with Gasteiger partial charge in [-0.15, -0.1) is 0 Å². The second-order valence-corrected chi connectivity index (χ2v) is 8.62. The number of rotatable bonds is 6. The monoisotopic (exact) mass is 412 g/mol. The molecule has 5 nitrogen and oxygen atoms in total. The average molecular weight is 413 g/mol. The predicted molar refractivity (Wildman–Crippen MR) is 103 cm³/mol. The van der Waals surface area contributed by atoms with Crippen LogP contribution >= 0.6 is 11.6 Å². The van der Waals surface area contributed by atoms with Crippen LogP contribution in [-0.2, 0) is 14.8 Å². The summed E-state index contributed by atoms with van der Waals surface area (Å²) in [6.45, 7) is 4.71. The minimum Gasteiger partial charge on any atom is -0.379 e. The quantitative estimate of drug-likeness (QED) is 0.791. The molecule has 1 aliphatic rings. The molecule has 27 heavy (non-hydrogen) atoms. The molecule has 3 rings (SSSR count). The molecule has 146 valence electrons. The van der Waals surface area contributed by atoms with Gasteiger partial charge in [-0.25, -0.2) is 17.5 Å². The standard InChI is InChI=1S/C19H22ClFN2O3S/c1-14-5-7-15(8-6-14)17(23-9-11-26-12-10-23)13-22-27(24,25)18-4-2-3-16(20)19(18)21/h2-8,17,22H,9-13H2,1H3. The van der Waals surface area contributed by atoms with Gasteiger partial charge in [0.15, 0.2) is 5.82 Å². The van der Waals surface area contributed by atoms with E-state index in [1.807, 2.05) is 31.2 Å². The first-order valence-electron chi connectivity index (χ1n) is 8.70. The number of benzene rings is 2. The summed E-state index contributed by atoms with van der Waals surface area (Å²) in [5.74, 6) is -0.940. The highest BCUT2D eigenvalue weighted by Crippen LogP contribution is 2.25. The molecule has 0 spiro atoms. The largest absolute Gasteiger partial charge is 0.379 e. The van der Waals surface area contributed by atoms with Gasteiger partial charge in [0.25, 0.3) is 0 Å². The molecule has 1 fully saturated rings. The Morgan fingerprint density at radius 2 is 1.85 bits per heavy atom. The zero-order chi connectivity index (χ0) is 19.4. The lowest BCUT2D eigenvalue weighted by atomic mass is 10.0. The fourth-order valence-electron chi connectivity index (χ4n) is 3.09. The number of sulfonamides is 1. The molecule has 0 aliphatic carbocycles. The summed E-state index contributed by atoms with van der Waals surface area (Å²) in [5.41, 5.74) is 2.12. The van der Waals surface area contributed by atoms with Crippen LogP contribution in [0.4, 0.5) is 4.39 Å². The highest BCUT2D eigenvalue weighted by molar-refractivity contribution is 7.89. The Labute approximate surface area is 164 Å². The van der Waals surface area contributed by atoms with Crippen LogP contribution in [0, 0.1) is 12.7 Å². The fraction of sp³-hybridized carbons (Fsp3) is 0.368. The van der Waals surface area contributed by atoms with E-state index in [4.69, 9.17) is 16.3 Å². The van der Waals surface area contributed by atoms with E-state index in [2.05, 4.69) is 9.62 Å². The van der Waals surface area contributed by atoms with E-state index < -0.39 is 20.7 Å². The van der Waals surface area contributed by atoms with Crippen LogP contribution < -0.4 is 4.72 Å².